The van der Waals surface area contributed by atoms with Crippen LogP contribution >= 0.6 is 23.1 Å². The summed E-state index contributed by atoms with van der Waals surface area (Å²) in [5, 5.41) is 20.1. The summed E-state index contributed by atoms with van der Waals surface area (Å²) in [6, 6.07) is 0. The smallest absolute Gasteiger partial charge is 0.226 e. The van der Waals surface area contributed by atoms with Crippen molar-refractivity contribution in [2.45, 2.75) is 36.0 Å². The van der Waals surface area contributed by atoms with Crippen molar-refractivity contribution < 1.29 is 9.15 Å². The van der Waals surface area contributed by atoms with E-state index in [2.05, 4.69) is 25.7 Å². The molecule has 1 aliphatic rings. The number of ether oxygens (including phenoxy) is 1. The lowest BCUT2D eigenvalue weighted by Crippen LogP contribution is -2.18. The third kappa shape index (κ3) is 3.68. The van der Waals surface area contributed by atoms with E-state index in [0.29, 0.717) is 23.6 Å². The van der Waals surface area contributed by atoms with Gasteiger partial charge >= 0.3 is 0 Å². The van der Waals surface area contributed by atoms with Crippen LogP contribution in [0.2, 0.25) is 0 Å². The van der Waals surface area contributed by atoms with Crippen molar-refractivity contribution in [3.8, 4) is 0 Å². The van der Waals surface area contributed by atoms with Gasteiger partial charge in [0.05, 0.1) is 11.9 Å². The molecule has 2 aromatic rings. The molecule has 1 saturated heterocycles. The predicted molar refractivity (Wildman–Crippen MR) is 76.0 cm³/mol. The van der Waals surface area contributed by atoms with E-state index in [1.54, 1.807) is 18.7 Å². The molecule has 108 valence electrons. The topological polar surface area (TPSA) is 86.0 Å². The van der Waals surface area contributed by atoms with E-state index in [1.165, 1.54) is 11.3 Å². The third-order valence-corrected chi connectivity index (χ3v) is 4.80. The van der Waals surface area contributed by atoms with Crippen molar-refractivity contribution >= 4 is 28.2 Å². The highest BCUT2D eigenvalue weighted by Gasteiger charge is 2.16. The molecule has 0 bridgehead atoms. The molecule has 0 saturated carbocycles. The van der Waals surface area contributed by atoms with Gasteiger partial charge < -0.3 is 14.5 Å². The van der Waals surface area contributed by atoms with Gasteiger partial charge in [-0.25, -0.2) is 0 Å². The highest BCUT2D eigenvalue weighted by atomic mass is 32.2. The number of nitrogens with one attached hydrogen (secondary N) is 1. The number of rotatable bonds is 6. The van der Waals surface area contributed by atoms with Crippen molar-refractivity contribution in [2.75, 3.05) is 18.5 Å². The summed E-state index contributed by atoms with van der Waals surface area (Å²) >= 11 is 3.07. The second-order valence-corrected chi connectivity index (χ2v) is 6.59. The minimum atomic E-state index is 0.302. The summed E-state index contributed by atoms with van der Waals surface area (Å²) in [5.41, 5.74) is 0. The van der Waals surface area contributed by atoms with Crippen LogP contribution in [0.15, 0.2) is 8.76 Å². The first-order valence-electron chi connectivity index (χ1n) is 6.40. The monoisotopic (exact) mass is 313 g/mol. The van der Waals surface area contributed by atoms with Gasteiger partial charge in [-0.1, -0.05) is 23.1 Å². The molecular weight excluding hydrogens is 298 g/mol. The molecule has 1 atom stereocenters. The minimum Gasteiger partial charge on any atom is -0.425 e. The van der Waals surface area contributed by atoms with Gasteiger partial charge in [0, 0.05) is 20.1 Å². The Balaban J connectivity index is 1.46. The van der Waals surface area contributed by atoms with Crippen LogP contribution in [0.5, 0.6) is 0 Å². The molecule has 1 fully saturated rings. The Bertz CT molecular complexity index is 553. The molecule has 0 radical (unpaired) electrons. The van der Waals surface area contributed by atoms with Crippen LogP contribution in [-0.4, -0.2) is 39.7 Å². The highest BCUT2D eigenvalue weighted by molar-refractivity contribution is 8.00. The molecule has 1 aliphatic heterocycles. The van der Waals surface area contributed by atoms with E-state index in [9.17, 15) is 0 Å². The molecule has 2 aromatic heterocycles. The standard InChI is InChI=1S/C11H15N5O2S2/c1-7-13-14-9(18-7)6-19-11-16-15-10(20-11)12-5-8-3-2-4-17-8/h8H,2-6H2,1H3,(H,12,15). The second-order valence-electron chi connectivity index (χ2n) is 4.39. The molecule has 9 heteroatoms. The normalized spacial score (nSPS) is 18.6. The molecule has 0 aliphatic carbocycles. The van der Waals surface area contributed by atoms with Gasteiger partial charge in [-0.2, -0.15) is 0 Å². The molecule has 0 amide bonds. The maximum atomic E-state index is 5.55. The fourth-order valence-electron chi connectivity index (χ4n) is 1.87. The molecular formula is C11H15N5O2S2. The van der Waals surface area contributed by atoms with E-state index < -0.39 is 0 Å². The number of nitrogens with zero attached hydrogens (tertiary/aromatic N) is 4. The number of aryl methyl sites for hydroxylation is 1. The summed E-state index contributed by atoms with van der Waals surface area (Å²) in [6.07, 6.45) is 2.56. The fraction of sp³-hybridized carbons (Fsp3) is 0.636. The van der Waals surface area contributed by atoms with E-state index in [-0.39, 0.29) is 0 Å². The Morgan fingerprint density at radius 1 is 1.35 bits per heavy atom. The molecule has 1 unspecified atom stereocenters. The summed E-state index contributed by atoms with van der Waals surface area (Å²) < 4.78 is 11.7. The van der Waals surface area contributed by atoms with Crippen LogP contribution in [-0.2, 0) is 10.5 Å². The minimum absolute atomic E-state index is 0.302. The average molecular weight is 313 g/mol. The number of hydrogen-bond donors (Lipinski definition) is 1. The maximum absolute atomic E-state index is 5.55. The van der Waals surface area contributed by atoms with Crippen molar-refractivity contribution in [1.29, 1.82) is 0 Å². The van der Waals surface area contributed by atoms with Crippen LogP contribution in [0, 0.1) is 6.92 Å². The van der Waals surface area contributed by atoms with Gasteiger partial charge in [0.15, 0.2) is 4.34 Å². The summed E-state index contributed by atoms with van der Waals surface area (Å²) in [4.78, 5) is 0. The van der Waals surface area contributed by atoms with Crippen molar-refractivity contribution in [2.24, 2.45) is 0 Å². The van der Waals surface area contributed by atoms with Crippen LogP contribution < -0.4 is 5.32 Å². The first kappa shape index (κ1) is 13.8. The van der Waals surface area contributed by atoms with Crippen molar-refractivity contribution in [3.05, 3.63) is 11.8 Å². The van der Waals surface area contributed by atoms with Gasteiger partial charge in [-0.3, -0.25) is 0 Å². The Morgan fingerprint density at radius 2 is 2.30 bits per heavy atom. The Hall–Kier alpha value is -1.19. The van der Waals surface area contributed by atoms with E-state index in [4.69, 9.17) is 9.15 Å². The zero-order chi connectivity index (χ0) is 13.8. The van der Waals surface area contributed by atoms with Gasteiger partial charge in [0.2, 0.25) is 16.9 Å². The zero-order valence-corrected chi connectivity index (χ0v) is 12.7. The van der Waals surface area contributed by atoms with E-state index in [0.717, 1.165) is 35.5 Å². The molecule has 0 spiro atoms. The lowest BCUT2D eigenvalue weighted by molar-refractivity contribution is 0.120. The number of aromatic nitrogens is 4. The lowest BCUT2D eigenvalue weighted by atomic mass is 10.2. The molecule has 3 rings (SSSR count). The maximum Gasteiger partial charge on any atom is 0.226 e. The predicted octanol–water partition coefficient (Wildman–Crippen LogP) is 2.11. The van der Waals surface area contributed by atoms with Gasteiger partial charge in [-0.15, -0.1) is 20.4 Å². The quantitative estimate of drug-likeness (QED) is 0.812. The van der Waals surface area contributed by atoms with Crippen LogP contribution in [0.3, 0.4) is 0 Å². The van der Waals surface area contributed by atoms with Crippen LogP contribution in [0.4, 0.5) is 5.13 Å². The Morgan fingerprint density at radius 3 is 3.05 bits per heavy atom. The lowest BCUT2D eigenvalue weighted by Gasteiger charge is -2.08. The van der Waals surface area contributed by atoms with Gasteiger partial charge in [-0.05, 0) is 12.8 Å². The van der Waals surface area contributed by atoms with E-state index >= 15 is 0 Å². The molecule has 0 aromatic carbocycles. The number of thioether (sulfide) groups is 1. The first-order valence-corrected chi connectivity index (χ1v) is 8.20. The Kier molecular flexibility index (Phi) is 4.48. The fourth-order valence-corrected chi connectivity index (χ4v) is 3.46. The zero-order valence-electron chi connectivity index (χ0n) is 11.0. The van der Waals surface area contributed by atoms with Crippen LogP contribution in [0.25, 0.3) is 0 Å². The van der Waals surface area contributed by atoms with Gasteiger partial charge in [0.25, 0.3) is 0 Å². The molecule has 1 N–H and O–H groups in total. The number of anilines is 1. The molecule has 20 heavy (non-hydrogen) atoms. The average Bonchev–Trinajstić information content (AvgIpc) is 3.16. The van der Waals surface area contributed by atoms with E-state index in [1.807, 2.05) is 0 Å². The molecule has 7 nitrogen and oxygen atoms in total. The second kappa shape index (κ2) is 6.51. The SMILES string of the molecule is Cc1nnc(CSc2nnc(NCC3CCCO3)s2)o1. The third-order valence-electron chi connectivity index (χ3n) is 2.80. The van der Waals surface area contributed by atoms with Crippen molar-refractivity contribution in [1.82, 2.24) is 20.4 Å². The molecule has 3 heterocycles. The van der Waals surface area contributed by atoms with Crippen molar-refractivity contribution in [3.63, 3.8) is 0 Å². The van der Waals surface area contributed by atoms with Gasteiger partial charge in [0.1, 0.15) is 0 Å². The highest BCUT2D eigenvalue weighted by Crippen LogP contribution is 2.28. The summed E-state index contributed by atoms with van der Waals surface area (Å²) in [7, 11) is 0. The summed E-state index contributed by atoms with van der Waals surface area (Å²) in [5.74, 6) is 1.80. The Labute approximate surface area is 124 Å². The first-order chi connectivity index (χ1) is 9.79. The number of hydrogen-bond acceptors (Lipinski definition) is 9. The largest absolute Gasteiger partial charge is 0.425 e. The van der Waals surface area contributed by atoms with Crippen LogP contribution in [0.1, 0.15) is 24.6 Å². The summed E-state index contributed by atoms with van der Waals surface area (Å²) in [6.45, 7) is 3.44.